The van der Waals surface area contributed by atoms with Crippen LogP contribution in [0.3, 0.4) is 0 Å². The minimum absolute atomic E-state index is 0.0376. The van der Waals surface area contributed by atoms with Crippen molar-refractivity contribution in [2.75, 3.05) is 10.6 Å². The molecule has 5 N–H and O–H groups in total. The van der Waals surface area contributed by atoms with Crippen molar-refractivity contribution in [1.82, 2.24) is 5.32 Å². The number of furan rings is 1. The van der Waals surface area contributed by atoms with Crippen molar-refractivity contribution in [2.24, 2.45) is 5.14 Å². The van der Waals surface area contributed by atoms with Crippen molar-refractivity contribution in [3.8, 4) is 0 Å². The summed E-state index contributed by atoms with van der Waals surface area (Å²) in [5, 5.41) is 12.8. The molecule has 9 nitrogen and oxygen atoms in total. The molecule has 0 radical (unpaired) electrons. The zero-order chi connectivity index (χ0) is 23.5. The lowest BCUT2D eigenvalue weighted by atomic mass is 10.1. The molecule has 0 bridgehead atoms. The first kappa shape index (κ1) is 23.0. The number of benzene rings is 2. The highest BCUT2D eigenvalue weighted by molar-refractivity contribution is 7.89. The number of aryl methyl sites for hydroxylation is 1. The number of carbonyl (C=O) groups excluding carboxylic acids is 2. The van der Waals surface area contributed by atoms with Gasteiger partial charge >= 0.3 is 6.03 Å². The molecule has 0 saturated carbocycles. The van der Waals surface area contributed by atoms with Gasteiger partial charge in [0.2, 0.25) is 10.0 Å². The van der Waals surface area contributed by atoms with Crippen LogP contribution in [-0.2, 0) is 10.0 Å². The minimum Gasteiger partial charge on any atom is -0.469 e. The molecule has 168 valence electrons. The van der Waals surface area contributed by atoms with Crippen LogP contribution in [0.15, 0.2) is 64.1 Å². The van der Waals surface area contributed by atoms with Crippen LogP contribution in [0.2, 0.25) is 0 Å². The number of urea groups is 1. The molecule has 1 unspecified atom stereocenters. The maximum atomic E-state index is 14.1. The summed E-state index contributed by atoms with van der Waals surface area (Å²) in [7, 11) is -3.81. The van der Waals surface area contributed by atoms with E-state index < -0.39 is 33.8 Å². The third-order valence-electron chi connectivity index (χ3n) is 4.63. The standard InChI is InChI=1S/C21H21FN4O5S/c1-12(14-3-6-16(7-4-14)32(23,29)30)24-21(28)25-15-5-8-18(22)19(11-15)26-20(27)17-9-10-31-13(17)2/h3-12H,1-2H3,(H,26,27)(H2,23,29,30)(H2,24,25,28). The summed E-state index contributed by atoms with van der Waals surface area (Å²) in [6.07, 6.45) is 1.35. The first-order valence-corrected chi connectivity index (χ1v) is 10.9. The SMILES string of the molecule is Cc1occc1C(=O)Nc1cc(NC(=O)NC(C)c2ccc(S(N)(=O)=O)cc2)ccc1F. The number of amides is 3. The molecule has 3 aromatic rings. The Labute approximate surface area is 183 Å². The van der Waals surface area contributed by atoms with Gasteiger partial charge in [-0.3, -0.25) is 4.79 Å². The van der Waals surface area contributed by atoms with Gasteiger partial charge in [0.15, 0.2) is 0 Å². The van der Waals surface area contributed by atoms with Crippen molar-refractivity contribution in [3.63, 3.8) is 0 Å². The molecular formula is C21H21FN4O5S. The average Bonchev–Trinajstić information content (AvgIpc) is 3.16. The Bertz CT molecular complexity index is 1260. The molecule has 0 aliphatic rings. The lowest BCUT2D eigenvalue weighted by molar-refractivity contribution is 0.102. The van der Waals surface area contributed by atoms with E-state index in [0.717, 1.165) is 6.07 Å². The number of primary sulfonamides is 1. The van der Waals surface area contributed by atoms with E-state index in [9.17, 15) is 22.4 Å². The summed E-state index contributed by atoms with van der Waals surface area (Å²) >= 11 is 0. The van der Waals surface area contributed by atoms with Crippen molar-refractivity contribution in [2.45, 2.75) is 24.8 Å². The van der Waals surface area contributed by atoms with Crippen LogP contribution < -0.4 is 21.1 Å². The van der Waals surface area contributed by atoms with Gasteiger partial charge in [0.25, 0.3) is 5.91 Å². The van der Waals surface area contributed by atoms with Gasteiger partial charge in [-0.15, -0.1) is 0 Å². The van der Waals surface area contributed by atoms with E-state index in [2.05, 4.69) is 16.0 Å². The summed E-state index contributed by atoms with van der Waals surface area (Å²) in [4.78, 5) is 24.6. The number of hydrogen-bond acceptors (Lipinski definition) is 5. The topological polar surface area (TPSA) is 144 Å². The summed E-state index contributed by atoms with van der Waals surface area (Å²) < 4.78 is 41.9. The van der Waals surface area contributed by atoms with E-state index in [1.54, 1.807) is 13.8 Å². The third-order valence-corrected chi connectivity index (χ3v) is 5.56. The zero-order valence-corrected chi connectivity index (χ0v) is 18.0. The van der Waals surface area contributed by atoms with Gasteiger partial charge in [-0.25, -0.2) is 22.7 Å². The molecule has 32 heavy (non-hydrogen) atoms. The summed E-state index contributed by atoms with van der Waals surface area (Å²) in [6.45, 7) is 3.31. The maximum Gasteiger partial charge on any atom is 0.319 e. The molecule has 1 aromatic heterocycles. The van der Waals surface area contributed by atoms with Gasteiger partial charge in [0.05, 0.1) is 28.5 Å². The molecule has 3 amide bonds. The summed E-state index contributed by atoms with van der Waals surface area (Å²) in [5.74, 6) is -0.829. The zero-order valence-electron chi connectivity index (χ0n) is 17.2. The van der Waals surface area contributed by atoms with Crippen molar-refractivity contribution in [1.29, 1.82) is 0 Å². The number of halogens is 1. The predicted molar refractivity (Wildman–Crippen MR) is 116 cm³/mol. The smallest absolute Gasteiger partial charge is 0.319 e. The van der Waals surface area contributed by atoms with E-state index in [-0.39, 0.29) is 21.8 Å². The lowest BCUT2D eigenvalue weighted by Gasteiger charge is -2.16. The normalized spacial score (nSPS) is 12.1. The van der Waals surface area contributed by atoms with Gasteiger partial charge in [-0.2, -0.15) is 0 Å². The molecule has 3 rings (SSSR count). The second kappa shape index (κ2) is 9.20. The molecule has 0 spiro atoms. The van der Waals surface area contributed by atoms with E-state index in [0.29, 0.717) is 11.3 Å². The second-order valence-electron chi connectivity index (χ2n) is 6.97. The second-order valence-corrected chi connectivity index (χ2v) is 8.53. The molecule has 1 atom stereocenters. The molecule has 1 heterocycles. The summed E-state index contributed by atoms with van der Waals surface area (Å²) in [6, 6.07) is 9.93. The van der Waals surface area contributed by atoms with Crippen LogP contribution in [0.5, 0.6) is 0 Å². The predicted octanol–water partition coefficient (Wildman–Crippen LogP) is 3.51. The van der Waals surface area contributed by atoms with Crippen LogP contribution in [0, 0.1) is 12.7 Å². The number of sulfonamides is 1. The highest BCUT2D eigenvalue weighted by atomic mass is 32.2. The highest BCUT2D eigenvalue weighted by Crippen LogP contribution is 2.22. The van der Waals surface area contributed by atoms with Gasteiger partial charge in [0, 0.05) is 5.69 Å². The fraction of sp³-hybridized carbons (Fsp3) is 0.143. The van der Waals surface area contributed by atoms with Crippen LogP contribution in [0.25, 0.3) is 0 Å². The number of nitrogens with two attached hydrogens (primary N) is 1. The Morgan fingerprint density at radius 2 is 1.75 bits per heavy atom. The largest absolute Gasteiger partial charge is 0.469 e. The molecule has 2 aromatic carbocycles. The Kier molecular flexibility index (Phi) is 6.61. The molecular weight excluding hydrogens is 439 g/mol. The van der Waals surface area contributed by atoms with E-state index in [1.807, 2.05) is 0 Å². The Morgan fingerprint density at radius 1 is 1.06 bits per heavy atom. The minimum atomic E-state index is -3.81. The lowest BCUT2D eigenvalue weighted by Crippen LogP contribution is -2.31. The van der Waals surface area contributed by atoms with Crippen LogP contribution in [-0.4, -0.2) is 20.4 Å². The van der Waals surface area contributed by atoms with Crippen LogP contribution in [0.4, 0.5) is 20.6 Å². The molecule has 0 aliphatic heterocycles. The van der Waals surface area contributed by atoms with Crippen molar-refractivity contribution in [3.05, 3.63) is 77.5 Å². The van der Waals surface area contributed by atoms with Crippen LogP contribution >= 0.6 is 0 Å². The Morgan fingerprint density at radius 3 is 2.34 bits per heavy atom. The number of carbonyl (C=O) groups is 2. The average molecular weight is 460 g/mol. The number of anilines is 2. The van der Waals surface area contributed by atoms with Crippen LogP contribution in [0.1, 0.15) is 34.6 Å². The van der Waals surface area contributed by atoms with Gasteiger partial charge in [-0.1, -0.05) is 12.1 Å². The van der Waals surface area contributed by atoms with E-state index in [1.165, 1.54) is 48.7 Å². The maximum absolute atomic E-state index is 14.1. The number of nitrogens with one attached hydrogen (secondary N) is 3. The Balaban J connectivity index is 1.65. The van der Waals surface area contributed by atoms with Gasteiger partial charge < -0.3 is 20.4 Å². The fourth-order valence-corrected chi connectivity index (χ4v) is 3.42. The molecule has 0 aliphatic carbocycles. The number of rotatable bonds is 6. The molecule has 0 saturated heterocycles. The third kappa shape index (κ3) is 5.50. The molecule has 0 fully saturated rings. The Hall–Kier alpha value is -3.70. The quantitative estimate of drug-likeness (QED) is 0.445. The van der Waals surface area contributed by atoms with Gasteiger partial charge in [-0.05, 0) is 55.8 Å². The van der Waals surface area contributed by atoms with Gasteiger partial charge in [0.1, 0.15) is 11.6 Å². The monoisotopic (exact) mass is 460 g/mol. The highest BCUT2D eigenvalue weighted by Gasteiger charge is 2.16. The van der Waals surface area contributed by atoms with Crippen molar-refractivity contribution >= 4 is 33.3 Å². The first-order chi connectivity index (χ1) is 15.0. The number of hydrogen-bond donors (Lipinski definition) is 4. The fourth-order valence-electron chi connectivity index (χ4n) is 2.90. The first-order valence-electron chi connectivity index (χ1n) is 9.40. The summed E-state index contributed by atoms with van der Waals surface area (Å²) in [5.41, 5.74) is 1.05. The van der Waals surface area contributed by atoms with E-state index >= 15 is 0 Å². The van der Waals surface area contributed by atoms with Crippen molar-refractivity contribution < 1.29 is 26.8 Å². The van der Waals surface area contributed by atoms with E-state index in [4.69, 9.17) is 9.56 Å². The molecule has 11 heteroatoms.